The lowest BCUT2D eigenvalue weighted by atomic mass is 9.86. The zero-order chi connectivity index (χ0) is 25.6. The molecule has 5 nitrogen and oxygen atoms in total. The topological polar surface area (TPSA) is 56.6 Å². The van der Waals surface area contributed by atoms with Gasteiger partial charge in [0.2, 0.25) is 5.91 Å². The molecule has 0 unspecified atom stereocenters. The van der Waals surface area contributed by atoms with E-state index < -0.39 is 0 Å². The minimum atomic E-state index is -0.263. The Kier molecular flexibility index (Phi) is 7.82. The number of carbonyl (C=O) groups excluding carboxylic acids is 1. The molecule has 6 heteroatoms. The van der Waals surface area contributed by atoms with E-state index >= 15 is 0 Å². The molecular formula is C31H31N3O2S. The van der Waals surface area contributed by atoms with Crippen LogP contribution in [-0.2, 0) is 17.8 Å². The van der Waals surface area contributed by atoms with Gasteiger partial charge in [-0.2, -0.15) is 5.26 Å². The van der Waals surface area contributed by atoms with Gasteiger partial charge in [0.15, 0.2) is 0 Å². The van der Waals surface area contributed by atoms with Crippen molar-refractivity contribution < 1.29 is 9.53 Å². The summed E-state index contributed by atoms with van der Waals surface area (Å²) in [7, 11) is 0. The summed E-state index contributed by atoms with van der Waals surface area (Å²) in [6.07, 6.45) is 3.74. The molecule has 5 rings (SSSR count). The molecule has 1 atom stereocenters. The van der Waals surface area contributed by atoms with Crippen molar-refractivity contribution in [3.05, 3.63) is 106 Å². The standard InChI is InChI=1S/C31H31N3O2S/c1-2-3-8-23-13-15-26(16-14-23)33-21-34-30(35)18-28(29(19-32)31(34)37-22-33)25-11-7-12-27(17-25)36-20-24-9-5-4-6-10-24/h4-7,9-17,28H,2-3,8,18,20-22H2,1H3/t28-/m1/s1. The summed E-state index contributed by atoms with van der Waals surface area (Å²) in [5.74, 6) is 1.22. The smallest absolute Gasteiger partial charge is 0.229 e. The molecular weight excluding hydrogens is 478 g/mol. The van der Waals surface area contributed by atoms with Crippen LogP contribution in [0.15, 0.2) is 89.5 Å². The highest BCUT2D eigenvalue weighted by atomic mass is 32.2. The SMILES string of the molecule is CCCCc1ccc(N2CSC3=C(C#N)[C@@H](c4cccc(OCc5ccccc5)c4)CC(=O)N3C2)cc1. The molecule has 188 valence electrons. The van der Waals surface area contributed by atoms with Gasteiger partial charge in [-0.05, 0) is 53.8 Å². The van der Waals surface area contributed by atoms with Gasteiger partial charge in [0.25, 0.3) is 0 Å². The van der Waals surface area contributed by atoms with Gasteiger partial charge in [-0.25, -0.2) is 0 Å². The quantitative estimate of drug-likeness (QED) is 0.333. The van der Waals surface area contributed by atoms with Crippen LogP contribution in [-0.4, -0.2) is 23.4 Å². The third-order valence-electron chi connectivity index (χ3n) is 6.92. The second-order valence-electron chi connectivity index (χ2n) is 9.48. The van der Waals surface area contributed by atoms with E-state index in [1.165, 1.54) is 18.4 Å². The maximum atomic E-state index is 13.3. The maximum Gasteiger partial charge on any atom is 0.229 e. The summed E-state index contributed by atoms with van der Waals surface area (Å²) < 4.78 is 6.01. The summed E-state index contributed by atoms with van der Waals surface area (Å²) in [6, 6.07) is 28.9. The summed E-state index contributed by atoms with van der Waals surface area (Å²) in [5, 5.41) is 10.9. The number of carbonyl (C=O) groups is 1. The summed E-state index contributed by atoms with van der Waals surface area (Å²) in [6.45, 7) is 3.14. The molecule has 2 aliphatic heterocycles. The molecule has 2 aliphatic rings. The van der Waals surface area contributed by atoms with E-state index in [1.54, 1.807) is 16.7 Å². The summed E-state index contributed by atoms with van der Waals surface area (Å²) in [5.41, 5.74) is 5.14. The van der Waals surface area contributed by atoms with E-state index in [2.05, 4.69) is 42.2 Å². The average Bonchev–Trinajstić information content (AvgIpc) is 2.96. The number of fused-ring (bicyclic) bond motifs is 1. The number of aryl methyl sites for hydroxylation is 1. The predicted molar refractivity (Wildman–Crippen MR) is 149 cm³/mol. The Morgan fingerprint density at radius 3 is 2.59 bits per heavy atom. The Labute approximate surface area is 223 Å². The van der Waals surface area contributed by atoms with Crippen LogP contribution >= 0.6 is 11.8 Å². The molecule has 0 spiro atoms. The number of nitrogens with zero attached hydrogens (tertiary/aromatic N) is 3. The Bertz CT molecular complexity index is 1310. The van der Waals surface area contributed by atoms with Crippen molar-refractivity contribution in [2.24, 2.45) is 0 Å². The van der Waals surface area contributed by atoms with Crippen LogP contribution in [0.25, 0.3) is 0 Å². The fraction of sp³-hybridized carbons (Fsp3) is 0.290. The van der Waals surface area contributed by atoms with Gasteiger partial charge in [0, 0.05) is 18.0 Å². The van der Waals surface area contributed by atoms with E-state index in [1.807, 2.05) is 54.6 Å². The van der Waals surface area contributed by atoms with E-state index in [4.69, 9.17) is 4.74 Å². The molecule has 3 aromatic carbocycles. The Balaban J connectivity index is 1.32. The molecule has 1 saturated heterocycles. The second kappa shape index (κ2) is 11.6. The normalized spacial score (nSPS) is 17.4. The van der Waals surface area contributed by atoms with E-state index in [9.17, 15) is 10.1 Å². The molecule has 0 aromatic heterocycles. The monoisotopic (exact) mass is 509 g/mol. The van der Waals surface area contributed by atoms with Gasteiger partial charge >= 0.3 is 0 Å². The maximum absolute atomic E-state index is 13.3. The number of thioether (sulfide) groups is 1. The number of hydrogen-bond acceptors (Lipinski definition) is 5. The fourth-order valence-electron chi connectivity index (χ4n) is 4.83. The fourth-order valence-corrected chi connectivity index (χ4v) is 5.99. The van der Waals surface area contributed by atoms with E-state index in [-0.39, 0.29) is 18.2 Å². The highest BCUT2D eigenvalue weighted by Gasteiger charge is 2.38. The van der Waals surface area contributed by atoms with Crippen LogP contribution < -0.4 is 9.64 Å². The number of hydrogen-bond donors (Lipinski definition) is 0. The van der Waals surface area contributed by atoms with Crippen molar-refractivity contribution in [2.45, 2.75) is 45.1 Å². The molecule has 2 heterocycles. The highest BCUT2D eigenvalue weighted by Crippen LogP contribution is 2.43. The van der Waals surface area contributed by atoms with Crippen molar-refractivity contribution >= 4 is 23.4 Å². The Morgan fingerprint density at radius 1 is 1.03 bits per heavy atom. The number of ether oxygens (including phenoxy) is 1. The first-order valence-corrected chi connectivity index (χ1v) is 13.8. The van der Waals surface area contributed by atoms with E-state index in [0.717, 1.165) is 34.0 Å². The van der Waals surface area contributed by atoms with Gasteiger partial charge in [-0.15, -0.1) is 0 Å². The van der Waals surface area contributed by atoms with Crippen molar-refractivity contribution in [2.75, 3.05) is 17.4 Å². The number of anilines is 1. The van der Waals surface area contributed by atoms with E-state index in [0.29, 0.717) is 24.7 Å². The number of unbranched alkanes of at least 4 members (excludes halogenated alkanes) is 1. The molecule has 0 saturated carbocycles. The molecule has 37 heavy (non-hydrogen) atoms. The van der Waals surface area contributed by atoms with Crippen molar-refractivity contribution in [3.63, 3.8) is 0 Å². The highest BCUT2D eigenvalue weighted by molar-refractivity contribution is 8.03. The van der Waals surface area contributed by atoms with Crippen LogP contribution in [0.2, 0.25) is 0 Å². The number of amides is 1. The zero-order valence-electron chi connectivity index (χ0n) is 21.1. The van der Waals surface area contributed by atoms with Crippen LogP contribution in [0.4, 0.5) is 5.69 Å². The van der Waals surface area contributed by atoms with Crippen LogP contribution in [0.1, 0.15) is 48.8 Å². The number of allylic oxidation sites excluding steroid dienone is 1. The molecule has 1 amide bonds. The van der Waals surface area contributed by atoms with Crippen molar-refractivity contribution in [1.82, 2.24) is 4.90 Å². The van der Waals surface area contributed by atoms with Crippen molar-refractivity contribution in [1.29, 1.82) is 5.26 Å². The Hall–Kier alpha value is -3.69. The predicted octanol–water partition coefficient (Wildman–Crippen LogP) is 6.83. The lowest BCUT2D eigenvalue weighted by Crippen LogP contribution is -2.47. The number of benzene rings is 3. The van der Waals surface area contributed by atoms with Gasteiger partial charge in [-0.1, -0.05) is 79.7 Å². The van der Waals surface area contributed by atoms with Gasteiger partial charge in [0.05, 0.1) is 29.2 Å². The Morgan fingerprint density at radius 2 is 1.84 bits per heavy atom. The molecule has 0 radical (unpaired) electrons. The van der Waals surface area contributed by atoms with Crippen molar-refractivity contribution in [3.8, 4) is 11.8 Å². The first kappa shape index (κ1) is 25.0. The van der Waals surface area contributed by atoms with Crippen LogP contribution in [0.5, 0.6) is 5.75 Å². The molecule has 3 aromatic rings. The summed E-state index contributed by atoms with van der Waals surface area (Å²) in [4.78, 5) is 17.3. The lowest BCUT2D eigenvalue weighted by Gasteiger charge is -2.42. The lowest BCUT2D eigenvalue weighted by molar-refractivity contribution is -0.129. The van der Waals surface area contributed by atoms with Gasteiger partial charge in [-0.3, -0.25) is 9.69 Å². The molecule has 0 N–H and O–H groups in total. The number of rotatable bonds is 8. The minimum absolute atomic E-state index is 0.0476. The first-order valence-electron chi connectivity index (χ1n) is 12.8. The zero-order valence-corrected chi connectivity index (χ0v) is 21.9. The third-order valence-corrected chi connectivity index (χ3v) is 8.08. The van der Waals surface area contributed by atoms with Crippen LogP contribution in [0, 0.1) is 11.3 Å². The number of nitriles is 1. The van der Waals surface area contributed by atoms with Gasteiger partial charge < -0.3 is 9.64 Å². The van der Waals surface area contributed by atoms with Gasteiger partial charge in [0.1, 0.15) is 12.4 Å². The third kappa shape index (κ3) is 5.68. The first-order chi connectivity index (χ1) is 18.2. The average molecular weight is 510 g/mol. The molecule has 0 aliphatic carbocycles. The minimum Gasteiger partial charge on any atom is -0.489 e. The second-order valence-corrected chi connectivity index (χ2v) is 10.4. The summed E-state index contributed by atoms with van der Waals surface area (Å²) >= 11 is 1.57. The van der Waals surface area contributed by atoms with Crippen LogP contribution in [0.3, 0.4) is 0 Å². The molecule has 0 bridgehead atoms. The largest absolute Gasteiger partial charge is 0.489 e. The molecule has 1 fully saturated rings.